The number of nitro groups is 1. The fourth-order valence-corrected chi connectivity index (χ4v) is 2.12. The molecule has 1 saturated heterocycles. The van der Waals surface area contributed by atoms with Gasteiger partial charge in [0.1, 0.15) is 6.10 Å². The van der Waals surface area contributed by atoms with Crippen molar-refractivity contribution in [3.8, 4) is 0 Å². The van der Waals surface area contributed by atoms with E-state index in [-0.39, 0.29) is 11.8 Å². The molecule has 8 heteroatoms. The van der Waals surface area contributed by atoms with Gasteiger partial charge in [-0.05, 0) is 24.6 Å². The summed E-state index contributed by atoms with van der Waals surface area (Å²) in [5.41, 5.74) is 0.0944. The smallest absolute Gasteiger partial charge is 0.411 e. The zero-order valence-corrected chi connectivity index (χ0v) is 12.2. The highest BCUT2D eigenvalue weighted by Gasteiger charge is 2.27. The Balaban J connectivity index is 2.03. The SMILES string of the molecule is CC(Cl)OC(=O)N1CCO[C@@H](c2ccc([N+](=O)[O-])cc2)C1. The minimum Gasteiger partial charge on any atom is -0.430 e. The van der Waals surface area contributed by atoms with Crippen molar-refractivity contribution in [1.82, 2.24) is 4.90 Å². The Morgan fingerprint density at radius 3 is 2.76 bits per heavy atom. The number of carbonyl (C=O) groups is 1. The van der Waals surface area contributed by atoms with E-state index in [2.05, 4.69) is 0 Å². The molecule has 1 aliphatic heterocycles. The molecule has 21 heavy (non-hydrogen) atoms. The summed E-state index contributed by atoms with van der Waals surface area (Å²) in [4.78, 5) is 23.5. The molecule has 2 atom stereocenters. The van der Waals surface area contributed by atoms with Crippen LogP contribution in [0.2, 0.25) is 0 Å². The van der Waals surface area contributed by atoms with Crippen LogP contribution < -0.4 is 0 Å². The zero-order chi connectivity index (χ0) is 15.4. The molecule has 0 saturated carbocycles. The molecule has 0 radical (unpaired) electrons. The Morgan fingerprint density at radius 2 is 2.19 bits per heavy atom. The quantitative estimate of drug-likeness (QED) is 0.486. The van der Waals surface area contributed by atoms with E-state index in [0.29, 0.717) is 19.7 Å². The lowest BCUT2D eigenvalue weighted by molar-refractivity contribution is -0.384. The van der Waals surface area contributed by atoms with Gasteiger partial charge >= 0.3 is 6.09 Å². The second kappa shape index (κ2) is 6.73. The highest BCUT2D eigenvalue weighted by Crippen LogP contribution is 2.24. The third kappa shape index (κ3) is 4.05. The largest absolute Gasteiger partial charge is 0.430 e. The van der Waals surface area contributed by atoms with Crippen LogP contribution in [0.25, 0.3) is 0 Å². The number of halogens is 1. The van der Waals surface area contributed by atoms with E-state index in [1.165, 1.54) is 17.0 Å². The molecule has 0 aliphatic carbocycles. The summed E-state index contributed by atoms with van der Waals surface area (Å²) in [6.45, 7) is 2.67. The van der Waals surface area contributed by atoms with E-state index in [4.69, 9.17) is 21.1 Å². The minimum atomic E-state index is -0.696. The molecule has 1 aromatic carbocycles. The number of carbonyl (C=O) groups excluding carboxylic acids is 1. The molecule has 1 aliphatic rings. The molecule has 7 nitrogen and oxygen atoms in total. The average Bonchev–Trinajstić information content (AvgIpc) is 2.47. The summed E-state index contributed by atoms with van der Waals surface area (Å²) in [5, 5.41) is 10.6. The van der Waals surface area contributed by atoms with Crippen LogP contribution in [0, 0.1) is 10.1 Å². The van der Waals surface area contributed by atoms with E-state index >= 15 is 0 Å². The first-order valence-corrected chi connectivity index (χ1v) is 6.86. The maximum absolute atomic E-state index is 11.8. The molecular weight excluding hydrogens is 300 g/mol. The molecule has 1 fully saturated rings. The highest BCUT2D eigenvalue weighted by molar-refractivity contribution is 6.19. The predicted molar refractivity (Wildman–Crippen MR) is 75.2 cm³/mol. The number of non-ortho nitro benzene ring substituents is 1. The molecular formula is C13H15ClN2O5. The van der Waals surface area contributed by atoms with Crippen LogP contribution in [0.15, 0.2) is 24.3 Å². The molecule has 114 valence electrons. The van der Waals surface area contributed by atoms with Gasteiger partial charge in [-0.3, -0.25) is 10.1 Å². The van der Waals surface area contributed by atoms with Crippen LogP contribution in [0.4, 0.5) is 10.5 Å². The Labute approximate surface area is 126 Å². The molecule has 1 unspecified atom stereocenters. The van der Waals surface area contributed by atoms with Crippen molar-refractivity contribution >= 4 is 23.4 Å². The van der Waals surface area contributed by atoms with E-state index in [1.54, 1.807) is 19.1 Å². The summed E-state index contributed by atoms with van der Waals surface area (Å²) in [7, 11) is 0. The van der Waals surface area contributed by atoms with Crippen molar-refractivity contribution < 1.29 is 19.2 Å². The number of nitrogens with zero attached hydrogens (tertiary/aromatic N) is 2. The molecule has 1 amide bonds. The number of hydrogen-bond donors (Lipinski definition) is 0. The number of amides is 1. The second-order valence-corrected chi connectivity index (χ2v) is 5.20. The number of nitro benzene ring substituents is 1. The third-order valence-corrected chi connectivity index (χ3v) is 3.15. The summed E-state index contributed by atoms with van der Waals surface area (Å²) in [6, 6.07) is 6.08. The lowest BCUT2D eigenvalue weighted by atomic mass is 10.1. The first-order chi connectivity index (χ1) is 9.97. The van der Waals surface area contributed by atoms with Gasteiger partial charge in [-0.25, -0.2) is 4.79 Å². The first kappa shape index (κ1) is 15.5. The minimum absolute atomic E-state index is 0.0155. The van der Waals surface area contributed by atoms with Gasteiger partial charge in [0.05, 0.1) is 18.1 Å². The fourth-order valence-electron chi connectivity index (χ4n) is 2.04. The zero-order valence-electron chi connectivity index (χ0n) is 11.4. The average molecular weight is 315 g/mol. The van der Waals surface area contributed by atoms with Gasteiger partial charge in [-0.1, -0.05) is 11.6 Å². The van der Waals surface area contributed by atoms with Crippen molar-refractivity contribution in [2.24, 2.45) is 0 Å². The van der Waals surface area contributed by atoms with Gasteiger partial charge in [0.2, 0.25) is 0 Å². The standard InChI is InChI=1S/C13H15ClN2O5/c1-9(14)21-13(17)15-6-7-20-12(8-15)10-2-4-11(5-3-10)16(18)19/h2-5,9,12H,6-8H2,1H3/t9?,12-/m1/s1. The van der Waals surface area contributed by atoms with Crippen LogP contribution in [-0.2, 0) is 9.47 Å². The monoisotopic (exact) mass is 314 g/mol. The molecule has 0 spiro atoms. The van der Waals surface area contributed by atoms with Crippen LogP contribution in [0.5, 0.6) is 0 Å². The summed E-state index contributed by atoms with van der Waals surface area (Å²) in [5.74, 6) is 0. The topological polar surface area (TPSA) is 81.9 Å². The number of ether oxygens (including phenoxy) is 2. The molecule has 0 N–H and O–H groups in total. The molecule has 1 aromatic rings. The number of alkyl halides is 1. The van der Waals surface area contributed by atoms with Crippen LogP contribution in [0.3, 0.4) is 0 Å². The van der Waals surface area contributed by atoms with Crippen molar-refractivity contribution in [2.75, 3.05) is 19.7 Å². The first-order valence-electron chi connectivity index (χ1n) is 6.43. The number of benzene rings is 1. The van der Waals surface area contributed by atoms with Crippen LogP contribution >= 0.6 is 11.6 Å². The fraction of sp³-hybridized carbons (Fsp3) is 0.462. The number of hydrogen-bond acceptors (Lipinski definition) is 5. The van der Waals surface area contributed by atoms with Gasteiger partial charge in [0.25, 0.3) is 5.69 Å². The van der Waals surface area contributed by atoms with E-state index < -0.39 is 16.6 Å². The van der Waals surface area contributed by atoms with Gasteiger partial charge < -0.3 is 14.4 Å². The lowest BCUT2D eigenvalue weighted by Gasteiger charge is -2.32. The Bertz CT molecular complexity index is 520. The summed E-state index contributed by atoms with van der Waals surface area (Å²) >= 11 is 5.63. The van der Waals surface area contributed by atoms with Crippen molar-refractivity contribution in [3.05, 3.63) is 39.9 Å². The van der Waals surface area contributed by atoms with Gasteiger partial charge in [0, 0.05) is 18.7 Å². The molecule has 2 rings (SSSR count). The maximum Gasteiger partial charge on any atom is 0.411 e. The van der Waals surface area contributed by atoms with Gasteiger partial charge in [-0.2, -0.15) is 0 Å². The normalized spacial score (nSPS) is 19.9. The Morgan fingerprint density at radius 1 is 1.52 bits per heavy atom. The highest BCUT2D eigenvalue weighted by atomic mass is 35.5. The molecule has 1 heterocycles. The van der Waals surface area contributed by atoms with Crippen molar-refractivity contribution in [1.29, 1.82) is 0 Å². The number of rotatable bonds is 3. The lowest BCUT2D eigenvalue weighted by Crippen LogP contribution is -2.43. The Hall–Kier alpha value is -1.86. The molecule has 0 aromatic heterocycles. The summed E-state index contributed by atoms with van der Waals surface area (Å²) < 4.78 is 10.5. The third-order valence-electron chi connectivity index (χ3n) is 3.06. The summed E-state index contributed by atoms with van der Waals surface area (Å²) in [6.07, 6.45) is -0.828. The van der Waals surface area contributed by atoms with Crippen LogP contribution in [0.1, 0.15) is 18.6 Å². The predicted octanol–water partition coefficient (Wildman–Crippen LogP) is 2.69. The van der Waals surface area contributed by atoms with E-state index in [0.717, 1.165) is 5.56 Å². The van der Waals surface area contributed by atoms with Crippen molar-refractivity contribution in [2.45, 2.75) is 18.6 Å². The van der Waals surface area contributed by atoms with Crippen LogP contribution in [-0.4, -0.2) is 41.2 Å². The molecule has 0 bridgehead atoms. The Kier molecular flexibility index (Phi) is 4.98. The van der Waals surface area contributed by atoms with Gasteiger partial charge in [-0.15, -0.1) is 0 Å². The van der Waals surface area contributed by atoms with E-state index in [1.807, 2.05) is 0 Å². The van der Waals surface area contributed by atoms with Crippen molar-refractivity contribution in [3.63, 3.8) is 0 Å². The maximum atomic E-state index is 11.8. The second-order valence-electron chi connectivity index (χ2n) is 4.58. The number of morpholine rings is 1. The van der Waals surface area contributed by atoms with E-state index in [9.17, 15) is 14.9 Å². The van der Waals surface area contributed by atoms with Gasteiger partial charge in [0.15, 0.2) is 5.56 Å².